The van der Waals surface area contributed by atoms with Gasteiger partial charge in [0.05, 0.1) is 12.2 Å². The molecule has 0 spiro atoms. The molecule has 1 heterocycles. The largest absolute Gasteiger partial charge is 0.490 e. The predicted octanol–water partition coefficient (Wildman–Crippen LogP) is 2.07. The first kappa shape index (κ1) is 18.5. The number of primary amides is 1. The summed E-state index contributed by atoms with van der Waals surface area (Å²) in [6.45, 7) is 2.52. The number of amides is 2. The Kier molecular flexibility index (Phi) is 5.76. The van der Waals surface area contributed by atoms with Gasteiger partial charge in [-0.05, 0) is 24.6 Å². The van der Waals surface area contributed by atoms with Crippen molar-refractivity contribution < 1.29 is 19.1 Å². The van der Waals surface area contributed by atoms with Crippen molar-refractivity contribution in [1.82, 2.24) is 5.32 Å². The molecule has 1 unspecified atom stereocenters. The van der Waals surface area contributed by atoms with Crippen LogP contribution in [0.5, 0.6) is 11.5 Å². The van der Waals surface area contributed by atoms with Gasteiger partial charge in [0.1, 0.15) is 12.6 Å². The van der Waals surface area contributed by atoms with Crippen LogP contribution in [0.4, 0.5) is 0 Å². The van der Waals surface area contributed by atoms with E-state index >= 15 is 0 Å². The summed E-state index contributed by atoms with van der Waals surface area (Å²) in [6, 6.07) is 14.1. The molecular formula is C21H22N2O4. The van der Waals surface area contributed by atoms with E-state index in [0.717, 1.165) is 11.1 Å². The van der Waals surface area contributed by atoms with Gasteiger partial charge in [0.25, 0.3) is 5.91 Å². The molecule has 3 N–H and O–H groups in total. The lowest BCUT2D eigenvalue weighted by atomic mass is 10.0. The molecule has 1 aliphatic heterocycles. The zero-order valence-electron chi connectivity index (χ0n) is 15.1. The highest BCUT2D eigenvalue weighted by atomic mass is 16.5. The van der Waals surface area contributed by atoms with Gasteiger partial charge in [-0.2, -0.15) is 0 Å². The first-order valence-corrected chi connectivity index (χ1v) is 8.81. The minimum atomic E-state index is -0.794. The van der Waals surface area contributed by atoms with E-state index in [9.17, 15) is 9.59 Å². The highest BCUT2D eigenvalue weighted by molar-refractivity contribution is 6.01. The first-order chi connectivity index (χ1) is 13.1. The molecule has 0 aromatic heterocycles. The van der Waals surface area contributed by atoms with Crippen LogP contribution in [0.15, 0.2) is 54.1 Å². The van der Waals surface area contributed by atoms with Crippen molar-refractivity contribution in [3.63, 3.8) is 0 Å². The number of benzene rings is 2. The third-order valence-corrected chi connectivity index (χ3v) is 4.23. The molecule has 0 fully saturated rings. The number of hydrogen-bond acceptors (Lipinski definition) is 4. The van der Waals surface area contributed by atoms with Crippen molar-refractivity contribution in [2.75, 3.05) is 13.2 Å². The van der Waals surface area contributed by atoms with Crippen LogP contribution in [0.1, 0.15) is 18.1 Å². The second kappa shape index (κ2) is 8.40. The fourth-order valence-electron chi connectivity index (χ4n) is 2.90. The second-order valence-corrected chi connectivity index (χ2v) is 6.18. The summed E-state index contributed by atoms with van der Waals surface area (Å²) in [7, 11) is 0. The molecule has 6 nitrogen and oxygen atoms in total. The molecule has 6 heteroatoms. The number of ether oxygens (including phenoxy) is 2. The average Bonchev–Trinajstić information content (AvgIpc) is 2.68. The van der Waals surface area contributed by atoms with Gasteiger partial charge >= 0.3 is 0 Å². The molecule has 140 valence electrons. The lowest BCUT2D eigenvalue weighted by molar-refractivity contribution is -0.125. The van der Waals surface area contributed by atoms with Gasteiger partial charge in [-0.15, -0.1) is 0 Å². The van der Waals surface area contributed by atoms with Crippen molar-refractivity contribution in [3.8, 4) is 11.5 Å². The molecule has 3 rings (SSSR count). The van der Waals surface area contributed by atoms with Crippen molar-refractivity contribution in [2.45, 2.75) is 19.4 Å². The monoisotopic (exact) mass is 366 g/mol. The second-order valence-electron chi connectivity index (χ2n) is 6.18. The van der Waals surface area contributed by atoms with Crippen LogP contribution in [0.3, 0.4) is 0 Å². The van der Waals surface area contributed by atoms with Crippen molar-refractivity contribution in [3.05, 3.63) is 65.2 Å². The first-order valence-electron chi connectivity index (χ1n) is 8.81. The molecule has 1 atom stereocenters. The summed E-state index contributed by atoms with van der Waals surface area (Å²) in [6.07, 6.45) is 2.08. The predicted molar refractivity (Wildman–Crippen MR) is 102 cm³/mol. The minimum Gasteiger partial charge on any atom is -0.490 e. The number of nitrogens with one attached hydrogen (secondary N) is 1. The molecule has 1 aliphatic rings. The molecule has 0 saturated carbocycles. The molecule has 27 heavy (non-hydrogen) atoms. The summed E-state index contributed by atoms with van der Waals surface area (Å²) < 4.78 is 11.3. The van der Waals surface area contributed by atoms with Gasteiger partial charge in [0.15, 0.2) is 11.5 Å². The van der Waals surface area contributed by atoms with Crippen LogP contribution >= 0.6 is 0 Å². The molecule has 2 aromatic rings. The van der Waals surface area contributed by atoms with Crippen molar-refractivity contribution in [1.29, 1.82) is 0 Å². The summed E-state index contributed by atoms with van der Waals surface area (Å²) in [5.41, 5.74) is 7.58. The summed E-state index contributed by atoms with van der Waals surface area (Å²) in [4.78, 5) is 24.4. The maximum Gasteiger partial charge on any atom is 0.251 e. The minimum absolute atomic E-state index is 0.0970. The summed E-state index contributed by atoms with van der Waals surface area (Å²) in [5.74, 6) is 0.308. The number of nitrogens with two attached hydrogens (primary N) is 1. The van der Waals surface area contributed by atoms with Crippen LogP contribution in [0.25, 0.3) is 6.08 Å². The third kappa shape index (κ3) is 4.47. The van der Waals surface area contributed by atoms with Gasteiger partial charge in [0, 0.05) is 12.0 Å². The van der Waals surface area contributed by atoms with Gasteiger partial charge in [0.2, 0.25) is 5.91 Å². The molecular weight excluding hydrogens is 344 g/mol. The number of fused-ring (bicyclic) bond motifs is 1. The van der Waals surface area contributed by atoms with E-state index in [0.29, 0.717) is 30.1 Å². The van der Waals surface area contributed by atoms with E-state index in [-0.39, 0.29) is 12.5 Å². The molecule has 0 saturated heterocycles. The Morgan fingerprint density at radius 1 is 1.19 bits per heavy atom. The third-order valence-electron chi connectivity index (χ3n) is 4.23. The number of carbonyl (C=O) groups is 2. The van der Waals surface area contributed by atoms with E-state index in [1.54, 1.807) is 6.08 Å². The summed E-state index contributed by atoms with van der Waals surface area (Å²) in [5, 5.41) is 2.71. The fourth-order valence-corrected chi connectivity index (χ4v) is 2.90. The maximum absolute atomic E-state index is 12.6. The molecule has 2 aromatic carbocycles. The van der Waals surface area contributed by atoms with E-state index in [4.69, 9.17) is 15.2 Å². The zero-order chi connectivity index (χ0) is 19.2. The average molecular weight is 366 g/mol. The molecule has 0 aliphatic carbocycles. The summed E-state index contributed by atoms with van der Waals surface area (Å²) >= 11 is 0. The lowest BCUT2D eigenvalue weighted by Gasteiger charge is -2.22. The SMILES string of the molecule is CCOc1cccc2c1OCC(C(=O)NC(Cc1ccccc1)C(N)=O)=C2. The van der Waals surface area contributed by atoms with E-state index < -0.39 is 11.9 Å². The normalized spacial score (nSPS) is 13.6. The molecule has 0 radical (unpaired) electrons. The number of para-hydroxylation sites is 1. The van der Waals surface area contributed by atoms with Gasteiger partial charge < -0.3 is 20.5 Å². The Hall–Kier alpha value is -3.28. The van der Waals surface area contributed by atoms with Crippen LogP contribution in [-0.4, -0.2) is 31.1 Å². The molecule has 2 amide bonds. The van der Waals surface area contributed by atoms with Crippen molar-refractivity contribution >= 4 is 17.9 Å². The van der Waals surface area contributed by atoms with Crippen molar-refractivity contribution in [2.24, 2.45) is 5.73 Å². The number of hydrogen-bond donors (Lipinski definition) is 2. The topological polar surface area (TPSA) is 90.7 Å². The Bertz CT molecular complexity index is 862. The van der Waals surface area contributed by atoms with Gasteiger partial charge in [-0.25, -0.2) is 0 Å². The maximum atomic E-state index is 12.6. The fraction of sp³-hybridized carbons (Fsp3) is 0.238. The lowest BCUT2D eigenvalue weighted by Crippen LogP contribution is -2.46. The van der Waals surface area contributed by atoms with Gasteiger partial charge in [-0.1, -0.05) is 42.5 Å². The Morgan fingerprint density at radius 3 is 2.67 bits per heavy atom. The number of rotatable bonds is 7. The van der Waals surface area contributed by atoms with Gasteiger partial charge in [-0.3, -0.25) is 9.59 Å². The smallest absolute Gasteiger partial charge is 0.251 e. The standard InChI is InChI=1S/C21H22N2O4/c1-2-26-18-10-6-9-15-12-16(13-27-19(15)18)21(25)23-17(20(22)24)11-14-7-4-3-5-8-14/h3-10,12,17H,2,11,13H2,1H3,(H2,22,24)(H,23,25). The van der Waals surface area contributed by atoms with E-state index in [1.165, 1.54) is 0 Å². The Labute approximate surface area is 158 Å². The zero-order valence-corrected chi connectivity index (χ0v) is 15.1. The highest BCUT2D eigenvalue weighted by Gasteiger charge is 2.24. The Balaban J connectivity index is 1.75. The van der Waals surface area contributed by atoms with Crippen LogP contribution in [0, 0.1) is 0 Å². The highest BCUT2D eigenvalue weighted by Crippen LogP contribution is 2.35. The van der Waals surface area contributed by atoms with Crippen LogP contribution in [0.2, 0.25) is 0 Å². The van der Waals surface area contributed by atoms with E-state index in [2.05, 4.69) is 5.32 Å². The molecule has 0 bridgehead atoms. The number of carbonyl (C=O) groups excluding carboxylic acids is 2. The van der Waals surface area contributed by atoms with E-state index in [1.807, 2.05) is 55.5 Å². The van der Waals surface area contributed by atoms with Crippen LogP contribution in [-0.2, 0) is 16.0 Å². The quantitative estimate of drug-likeness (QED) is 0.785. The Morgan fingerprint density at radius 2 is 1.96 bits per heavy atom. The van der Waals surface area contributed by atoms with Crippen LogP contribution < -0.4 is 20.5 Å².